The number of alkyl carbamates (subject to hydrolysis) is 1. The summed E-state index contributed by atoms with van der Waals surface area (Å²) < 4.78 is 10.8. The quantitative estimate of drug-likeness (QED) is 0.828. The van der Waals surface area contributed by atoms with Crippen molar-refractivity contribution in [3.63, 3.8) is 0 Å². The lowest BCUT2D eigenvalue weighted by atomic mass is 10.0. The Labute approximate surface area is 149 Å². The Balaban J connectivity index is 1.95. The molecule has 0 aliphatic carbocycles. The topological polar surface area (TPSA) is 67.9 Å². The second-order valence-corrected chi connectivity index (χ2v) is 7.34. The Morgan fingerprint density at radius 2 is 1.92 bits per heavy atom. The van der Waals surface area contributed by atoms with Gasteiger partial charge in [0.25, 0.3) is 0 Å². The minimum absolute atomic E-state index is 0.0764. The zero-order chi connectivity index (χ0) is 18.4. The van der Waals surface area contributed by atoms with E-state index in [4.69, 9.17) is 9.47 Å². The molecule has 1 amide bonds. The first-order valence-electron chi connectivity index (χ1n) is 8.61. The number of nitrogens with zero attached hydrogens (tertiary/aromatic N) is 1. The smallest absolute Gasteiger partial charge is 0.408 e. The van der Waals surface area contributed by atoms with E-state index in [9.17, 15) is 9.59 Å². The van der Waals surface area contributed by atoms with Crippen LogP contribution in [0.1, 0.15) is 37.6 Å². The second kappa shape index (κ2) is 8.45. The molecule has 0 radical (unpaired) electrons. The van der Waals surface area contributed by atoms with Gasteiger partial charge in [0.15, 0.2) is 5.78 Å². The fourth-order valence-electron chi connectivity index (χ4n) is 2.94. The van der Waals surface area contributed by atoms with Crippen LogP contribution in [0.25, 0.3) is 0 Å². The first kappa shape index (κ1) is 19.4. The van der Waals surface area contributed by atoms with Gasteiger partial charge in [0, 0.05) is 25.8 Å². The van der Waals surface area contributed by atoms with Gasteiger partial charge in [0.2, 0.25) is 0 Å². The zero-order valence-corrected chi connectivity index (χ0v) is 15.5. The van der Waals surface area contributed by atoms with Gasteiger partial charge in [-0.25, -0.2) is 4.79 Å². The Hall–Kier alpha value is -1.92. The van der Waals surface area contributed by atoms with Gasteiger partial charge in [-0.3, -0.25) is 9.69 Å². The monoisotopic (exact) mass is 348 g/mol. The van der Waals surface area contributed by atoms with Crippen LogP contribution >= 0.6 is 0 Å². The zero-order valence-electron chi connectivity index (χ0n) is 15.5. The Kier molecular flexibility index (Phi) is 6.56. The number of carbonyl (C=O) groups excluding carboxylic acids is 2. The van der Waals surface area contributed by atoms with Gasteiger partial charge in [0.1, 0.15) is 5.60 Å². The number of nitrogens with one attached hydrogen (secondary N) is 1. The van der Waals surface area contributed by atoms with Crippen LogP contribution in [0.2, 0.25) is 0 Å². The summed E-state index contributed by atoms with van der Waals surface area (Å²) in [4.78, 5) is 26.5. The molecule has 2 atom stereocenters. The van der Waals surface area contributed by atoms with Gasteiger partial charge < -0.3 is 14.8 Å². The molecule has 1 aliphatic rings. The number of piperidine rings is 1. The summed E-state index contributed by atoms with van der Waals surface area (Å²) in [5.41, 5.74) is 0.151. The number of likely N-dealkylation sites (tertiary alicyclic amines) is 1. The van der Waals surface area contributed by atoms with Crippen molar-refractivity contribution in [2.45, 2.75) is 44.9 Å². The number of methoxy groups -OCH3 is 1. The van der Waals surface area contributed by atoms with E-state index in [1.165, 1.54) is 0 Å². The first-order chi connectivity index (χ1) is 11.8. The van der Waals surface area contributed by atoms with Crippen LogP contribution in [-0.2, 0) is 9.47 Å². The molecule has 0 saturated carbocycles. The largest absolute Gasteiger partial charge is 0.444 e. The van der Waals surface area contributed by atoms with E-state index in [0.717, 1.165) is 13.0 Å². The van der Waals surface area contributed by atoms with Gasteiger partial charge in [-0.05, 0) is 27.2 Å². The molecule has 6 heteroatoms. The SMILES string of the molecule is CO[C@H]1CCN(CC(=O)c2ccccc2)C[C@@H]1NC(=O)OC(C)(C)C. The molecule has 2 rings (SSSR count). The van der Waals surface area contributed by atoms with Crippen molar-refractivity contribution in [3.8, 4) is 0 Å². The standard InChI is InChI=1S/C19H28N2O4/c1-19(2,3)25-18(23)20-15-12-21(11-10-17(15)24-4)13-16(22)14-8-6-5-7-9-14/h5-9,15,17H,10-13H2,1-4H3,(H,20,23)/t15-,17-/m0/s1. The normalized spacial score (nSPS) is 21.6. The molecule has 1 saturated heterocycles. The third-order valence-electron chi connectivity index (χ3n) is 4.10. The summed E-state index contributed by atoms with van der Waals surface area (Å²) in [5, 5.41) is 2.88. The minimum atomic E-state index is -0.551. The average Bonchev–Trinajstić information content (AvgIpc) is 2.54. The number of Topliss-reactive ketones (excluding diaryl/α,β-unsaturated/α-hetero) is 1. The molecule has 1 N–H and O–H groups in total. The van der Waals surface area contributed by atoms with Crippen molar-refractivity contribution in [1.82, 2.24) is 10.2 Å². The number of hydrogen-bond acceptors (Lipinski definition) is 5. The van der Waals surface area contributed by atoms with E-state index < -0.39 is 11.7 Å². The highest BCUT2D eigenvalue weighted by molar-refractivity contribution is 5.97. The van der Waals surface area contributed by atoms with Crippen LogP contribution in [0, 0.1) is 0 Å². The van der Waals surface area contributed by atoms with E-state index in [1.54, 1.807) is 7.11 Å². The van der Waals surface area contributed by atoms with Crippen molar-refractivity contribution in [2.24, 2.45) is 0 Å². The number of hydrogen-bond donors (Lipinski definition) is 1. The molecule has 0 aromatic heterocycles. The maximum absolute atomic E-state index is 12.4. The van der Waals surface area contributed by atoms with Crippen LogP contribution in [0.4, 0.5) is 4.79 Å². The Morgan fingerprint density at radius 3 is 2.52 bits per heavy atom. The number of rotatable bonds is 5. The second-order valence-electron chi connectivity index (χ2n) is 7.34. The summed E-state index contributed by atoms with van der Waals surface area (Å²) in [6, 6.07) is 9.04. The highest BCUT2D eigenvalue weighted by Crippen LogP contribution is 2.16. The molecule has 0 unspecified atom stereocenters. The van der Waals surface area contributed by atoms with Crippen molar-refractivity contribution in [3.05, 3.63) is 35.9 Å². The maximum atomic E-state index is 12.4. The molecule has 6 nitrogen and oxygen atoms in total. The summed E-state index contributed by atoms with van der Waals surface area (Å²) >= 11 is 0. The summed E-state index contributed by atoms with van der Waals surface area (Å²) in [5.74, 6) is 0.0764. The first-order valence-corrected chi connectivity index (χ1v) is 8.61. The van der Waals surface area contributed by atoms with Crippen LogP contribution in [-0.4, -0.2) is 61.3 Å². The predicted molar refractivity (Wildman–Crippen MR) is 95.8 cm³/mol. The predicted octanol–water partition coefficient (Wildman–Crippen LogP) is 2.48. The minimum Gasteiger partial charge on any atom is -0.444 e. The van der Waals surface area contributed by atoms with Crippen LogP contribution in [0.15, 0.2) is 30.3 Å². The highest BCUT2D eigenvalue weighted by atomic mass is 16.6. The molecule has 1 aromatic rings. The molecule has 1 aliphatic heterocycles. The van der Waals surface area contributed by atoms with E-state index in [1.807, 2.05) is 56.0 Å². The van der Waals surface area contributed by atoms with Crippen LogP contribution in [0.3, 0.4) is 0 Å². The van der Waals surface area contributed by atoms with E-state index in [-0.39, 0.29) is 17.9 Å². The number of carbonyl (C=O) groups is 2. The number of ketones is 1. The summed E-state index contributed by atoms with van der Waals surface area (Å²) in [7, 11) is 1.64. The van der Waals surface area contributed by atoms with Gasteiger partial charge in [-0.2, -0.15) is 0 Å². The molecular weight excluding hydrogens is 320 g/mol. The molecule has 1 heterocycles. The fourth-order valence-corrected chi connectivity index (χ4v) is 2.94. The van der Waals surface area contributed by atoms with E-state index in [2.05, 4.69) is 5.32 Å². The van der Waals surface area contributed by atoms with Crippen molar-refractivity contribution >= 4 is 11.9 Å². The third-order valence-corrected chi connectivity index (χ3v) is 4.10. The van der Waals surface area contributed by atoms with Crippen molar-refractivity contribution in [1.29, 1.82) is 0 Å². The molecule has 25 heavy (non-hydrogen) atoms. The molecule has 1 aromatic carbocycles. The molecule has 138 valence electrons. The van der Waals surface area contributed by atoms with Crippen LogP contribution < -0.4 is 5.32 Å². The average molecular weight is 348 g/mol. The van der Waals surface area contributed by atoms with Crippen molar-refractivity contribution < 1.29 is 19.1 Å². The van der Waals surface area contributed by atoms with Gasteiger partial charge >= 0.3 is 6.09 Å². The lowest BCUT2D eigenvalue weighted by molar-refractivity contribution is 0.00284. The van der Waals surface area contributed by atoms with Crippen molar-refractivity contribution in [2.75, 3.05) is 26.7 Å². The summed E-state index contributed by atoms with van der Waals surface area (Å²) in [6.07, 6.45) is 0.199. The fraction of sp³-hybridized carbons (Fsp3) is 0.579. The third kappa shape index (κ3) is 6.14. The van der Waals surface area contributed by atoms with E-state index >= 15 is 0 Å². The molecule has 0 spiro atoms. The Morgan fingerprint density at radius 1 is 1.24 bits per heavy atom. The van der Waals surface area contributed by atoms with Crippen LogP contribution in [0.5, 0.6) is 0 Å². The maximum Gasteiger partial charge on any atom is 0.408 e. The molecule has 0 bridgehead atoms. The molecular formula is C19H28N2O4. The van der Waals surface area contributed by atoms with Gasteiger partial charge in [-0.15, -0.1) is 0 Å². The number of ether oxygens (including phenoxy) is 2. The Bertz CT molecular complexity index is 583. The highest BCUT2D eigenvalue weighted by Gasteiger charge is 2.32. The lowest BCUT2D eigenvalue weighted by Gasteiger charge is -2.38. The number of benzene rings is 1. The number of amides is 1. The lowest BCUT2D eigenvalue weighted by Crippen LogP contribution is -2.57. The van der Waals surface area contributed by atoms with E-state index in [0.29, 0.717) is 18.7 Å². The summed E-state index contributed by atoms with van der Waals surface area (Å²) in [6.45, 7) is 7.11. The van der Waals surface area contributed by atoms with Gasteiger partial charge in [-0.1, -0.05) is 30.3 Å². The van der Waals surface area contributed by atoms with Gasteiger partial charge in [0.05, 0.1) is 18.7 Å². The molecule has 1 fully saturated rings.